The number of ether oxygens (including phenoxy) is 1. The number of benzene rings is 1. The van der Waals surface area contributed by atoms with E-state index in [0.717, 1.165) is 24.6 Å². The predicted octanol–water partition coefficient (Wildman–Crippen LogP) is 2.58. The molecule has 2 atom stereocenters. The van der Waals surface area contributed by atoms with E-state index in [1.807, 2.05) is 6.07 Å². The standard InChI is InChI=1S/C14H21NOS/c1-3-15-13-10-17-9-12(13)8-11-6-4-5-7-14(11)16-2/h4-7,12-13,15H,3,8-10H2,1-2H3. The highest BCUT2D eigenvalue weighted by atomic mass is 32.2. The van der Waals surface area contributed by atoms with Crippen molar-refractivity contribution in [3.63, 3.8) is 0 Å². The third kappa shape index (κ3) is 3.17. The molecular weight excluding hydrogens is 230 g/mol. The Morgan fingerprint density at radius 1 is 1.35 bits per heavy atom. The van der Waals surface area contributed by atoms with Crippen LogP contribution >= 0.6 is 11.8 Å². The van der Waals surface area contributed by atoms with Crippen LogP contribution in [0.3, 0.4) is 0 Å². The molecule has 2 unspecified atom stereocenters. The van der Waals surface area contributed by atoms with Crippen LogP contribution in [0.1, 0.15) is 12.5 Å². The smallest absolute Gasteiger partial charge is 0.122 e. The molecule has 1 fully saturated rings. The zero-order valence-electron chi connectivity index (χ0n) is 10.6. The quantitative estimate of drug-likeness (QED) is 0.869. The van der Waals surface area contributed by atoms with Crippen molar-refractivity contribution in [2.24, 2.45) is 5.92 Å². The van der Waals surface area contributed by atoms with Crippen LogP contribution in [0.15, 0.2) is 24.3 Å². The van der Waals surface area contributed by atoms with Crippen LogP contribution < -0.4 is 10.1 Å². The van der Waals surface area contributed by atoms with Gasteiger partial charge in [-0.15, -0.1) is 0 Å². The minimum Gasteiger partial charge on any atom is -0.496 e. The fraction of sp³-hybridized carbons (Fsp3) is 0.571. The van der Waals surface area contributed by atoms with Crippen molar-refractivity contribution in [2.75, 3.05) is 25.2 Å². The summed E-state index contributed by atoms with van der Waals surface area (Å²) in [5.41, 5.74) is 1.34. The van der Waals surface area contributed by atoms with Gasteiger partial charge in [-0.05, 0) is 36.3 Å². The first-order chi connectivity index (χ1) is 8.35. The lowest BCUT2D eigenvalue weighted by atomic mass is 9.94. The number of hydrogen-bond donors (Lipinski definition) is 1. The molecule has 2 rings (SSSR count). The molecule has 2 nitrogen and oxygen atoms in total. The molecule has 1 saturated heterocycles. The molecule has 1 heterocycles. The average Bonchev–Trinajstić information content (AvgIpc) is 2.78. The highest BCUT2D eigenvalue weighted by molar-refractivity contribution is 7.99. The van der Waals surface area contributed by atoms with Gasteiger partial charge in [0, 0.05) is 11.8 Å². The van der Waals surface area contributed by atoms with Gasteiger partial charge in [0.2, 0.25) is 0 Å². The van der Waals surface area contributed by atoms with Crippen molar-refractivity contribution in [3.05, 3.63) is 29.8 Å². The molecule has 1 aromatic rings. The van der Waals surface area contributed by atoms with Crippen molar-refractivity contribution in [1.82, 2.24) is 5.32 Å². The fourth-order valence-electron chi connectivity index (χ4n) is 2.44. The summed E-state index contributed by atoms with van der Waals surface area (Å²) in [7, 11) is 1.75. The van der Waals surface area contributed by atoms with Gasteiger partial charge in [-0.1, -0.05) is 25.1 Å². The van der Waals surface area contributed by atoms with Crippen molar-refractivity contribution in [3.8, 4) is 5.75 Å². The maximum Gasteiger partial charge on any atom is 0.122 e. The molecule has 0 aromatic heterocycles. The zero-order chi connectivity index (χ0) is 12.1. The molecule has 0 aliphatic carbocycles. The van der Waals surface area contributed by atoms with E-state index in [4.69, 9.17) is 4.74 Å². The Hall–Kier alpha value is -0.670. The Bertz CT molecular complexity index is 356. The van der Waals surface area contributed by atoms with Gasteiger partial charge in [0.25, 0.3) is 0 Å². The molecule has 3 heteroatoms. The predicted molar refractivity (Wildman–Crippen MR) is 75.0 cm³/mol. The molecule has 94 valence electrons. The second-order valence-corrected chi connectivity index (χ2v) is 5.55. The second-order valence-electron chi connectivity index (χ2n) is 4.48. The van der Waals surface area contributed by atoms with Gasteiger partial charge < -0.3 is 10.1 Å². The highest BCUT2D eigenvalue weighted by Crippen LogP contribution is 2.30. The molecule has 1 aromatic carbocycles. The largest absolute Gasteiger partial charge is 0.496 e. The Morgan fingerprint density at radius 2 is 2.18 bits per heavy atom. The van der Waals surface area contributed by atoms with Gasteiger partial charge in [-0.25, -0.2) is 0 Å². The second kappa shape index (κ2) is 6.31. The SMILES string of the molecule is CCNC1CSCC1Cc1ccccc1OC. The molecule has 17 heavy (non-hydrogen) atoms. The van der Waals surface area contributed by atoms with Crippen molar-refractivity contribution >= 4 is 11.8 Å². The maximum atomic E-state index is 5.42. The van der Waals surface area contributed by atoms with E-state index in [-0.39, 0.29) is 0 Å². The van der Waals surface area contributed by atoms with Crippen LogP contribution in [0.2, 0.25) is 0 Å². The molecule has 1 aliphatic rings. The Labute approximate surface area is 108 Å². The van der Waals surface area contributed by atoms with E-state index in [2.05, 4.69) is 42.2 Å². The van der Waals surface area contributed by atoms with Crippen LogP contribution in [0, 0.1) is 5.92 Å². The summed E-state index contributed by atoms with van der Waals surface area (Å²) in [5, 5.41) is 3.59. The van der Waals surface area contributed by atoms with E-state index < -0.39 is 0 Å². The van der Waals surface area contributed by atoms with Gasteiger partial charge in [-0.2, -0.15) is 11.8 Å². The minimum absolute atomic E-state index is 0.662. The third-order valence-corrected chi connectivity index (χ3v) is 4.60. The van der Waals surface area contributed by atoms with E-state index in [1.54, 1.807) is 7.11 Å². The minimum atomic E-state index is 0.662. The maximum absolute atomic E-state index is 5.42. The third-order valence-electron chi connectivity index (χ3n) is 3.34. The van der Waals surface area contributed by atoms with E-state index >= 15 is 0 Å². The molecule has 0 spiro atoms. The van der Waals surface area contributed by atoms with Crippen molar-refractivity contribution in [1.29, 1.82) is 0 Å². The van der Waals surface area contributed by atoms with Gasteiger partial charge in [0.1, 0.15) is 5.75 Å². The lowest BCUT2D eigenvalue weighted by Gasteiger charge is -2.20. The lowest BCUT2D eigenvalue weighted by molar-refractivity contribution is 0.394. The van der Waals surface area contributed by atoms with Crippen molar-refractivity contribution in [2.45, 2.75) is 19.4 Å². The molecule has 0 amide bonds. The van der Waals surface area contributed by atoms with Crippen LogP contribution in [0.5, 0.6) is 5.75 Å². The summed E-state index contributed by atoms with van der Waals surface area (Å²) in [4.78, 5) is 0. The Morgan fingerprint density at radius 3 is 2.94 bits per heavy atom. The first-order valence-corrected chi connectivity index (χ1v) is 7.43. The fourth-order valence-corrected chi connectivity index (χ4v) is 3.87. The Kier molecular flexibility index (Phi) is 4.75. The van der Waals surface area contributed by atoms with Gasteiger partial charge >= 0.3 is 0 Å². The summed E-state index contributed by atoms with van der Waals surface area (Å²) in [6.07, 6.45) is 1.12. The van der Waals surface area contributed by atoms with E-state index in [0.29, 0.717) is 6.04 Å². The number of nitrogens with one attached hydrogen (secondary N) is 1. The molecule has 0 saturated carbocycles. The van der Waals surface area contributed by atoms with E-state index in [9.17, 15) is 0 Å². The average molecular weight is 251 g/mol. The topological polar surface area (TPSA) is 21.3 Å². The van der Waals surface area contributed by atoms with Crippen LogP contribution in [0.25, 0.3) is 0 Å². The van der Waals surface area contributed by atoms with Crippen LogP contribution in [0.4, 0.5) is 0 Å². The van der Waals surface area contributed by atoms with Gasteiger partial charge in [-0.3, -0.25) is 0 Å². The summed E-state index contributed by atoms with van der Waals surface area (Å²) < 4.78 is 5.42. The van der Waals surface area contributed by atoms with E-state index in [1.165, 1.54) is 17.1 Å². The van der Waals surface area contributed by atoms with Crippen LogP contribution in [-0.4, -0.2) is 31.2 Å². The first kappa shape index (κ1) is 12.8. The number of thioether (sulfide) groups is 1. The summed E-state index contributed by atoms with van der Waals surface area (Å²) >= 11 is 2.06. The summed E-state index contributed by atoms with van der Waals surface area (Å²) in [6, 6.07) is 9.04. The first-order valence-electron chi connectivity index (χ1n) is 6.28. The summed E-state index contributed by atoms with van der Waals surface area (Å²) in [6.45, 7) is 3.25. The monoisotopic (exact) mass is 251 g/mol. The van der Waals surface area contributed by atoms with Gasteiger partial charge in [0.15, 0.2) is 0 Å². The van der Waals surface area contributed by atoms with Crippen LogP contribution in [-0.2, 0) is 6.42 Å². The molecule has 1 N–H and O–H groups in total. The zero-order valence-corrected chi connectivity index (χ0v) is 11.4. The van der Waals surface area contributed by atoms with Gasteiger partial charge in [0.05, 0.1) is 7.11 Å². The van der Waals surface area contributed by atoms with Crippen molar-refractivity contribution < 1.29 is 4.74 Å². The molecule has 0 radical (unpaired) electrons. The molecule has 1 aliphatic heterocycles. The number of rotatable bonds is 5. The molecular formula is C14H21NOS. The summed E-state index contributed by atoms with van der Waals surface area (Å²) in [5.74, 6) is 4.26. The Balaban J connectivity index is 2.04. The molecule has 0 bridgehead atoms. The number of hydrogen-bond acceptors (Lipinski definition) is 3. The lowest BCUT2D eigenvalue weighted by Crippen LogP contribution is -2.36. The normalized spacial score (nSPS) is 23.9. The highest BCUT2D eigenvalue weighted by Gasteiger charge is 2.27. The number of methoxy groups -OCH3 is 1. The number of para-hydroxylation sites is 1.